The number of nitrogens with one attached hydrogen (secondary N) is 2. The highest BCUT2D eigenvalue weighted by Gasteiger charge is 2.03. The Labute approximate surface area is 133 Å². The van der Waals surface area contributed by atoms with E-state index in [0.29, 0.717) is 27.5 Å². The van der Waals surface area contributed by atoms with Crippen LogP contribution in [0.25, 0.3) is 0 Å². The summed E-state index contributed by atoms with van der Waals surface area (Å²) in [5, 5.41) is 7.92. The number of benzene rings is 1. The number of aryl methyl sites for hydroxylation is 1. The predicted octanol–water partition coefficient (Wildman–Crippen LogP) is 4.18. The number of rotatable bonds is 3. The van der Waals surface area contributed by atoms with E-state index in [0.717, 1.165) is 11.1 Å². The molecule has 1 heterocycles. The lowest BCUT2D eigenvalue weighted by Crippen LogP contribution is -2.28. The van der Waals surface area contributed by atoms with Crippen molar-refractivity contribution in [3.8, 4) is 0 Å². The highest BCUT2D eigenvalue weighted by Crippen LogP contribution is 2.17. The van der Waals surface area contributed by atoms with Crippen molar-refractivity contribution in [1.82, 2.24) is 10.3 Å². The lowest BCUT2D eigenvalue weighted by Gasteiger charge is -2.11. The third-order valence-corrected chi connectivity index (χ3v) is 3.70. The molecule has 0 saturated heterocycles. The quantitative estimate of drug-likeness (QED) is 0.830. The molecule has 2 rings (SSSR count). The molecule has 3 nitrogen and oxygen atoms in total. The van der Waals surface area contributed by atoms with E-state index in [-0.39, 0.29) is 0 Å². The van der Waals surface area contributed by atoms with Crippen LogP contribution in [0.3, 0.4) is 0 Å². The Morgan fingerprint density at radius 1 is 1.25 bits per heavy atom. The lowest BCUT2D eigenvalue weighted by molar-refractivity contribution is 0.925. The number of hydrogen-bond donors (Lipinski definition) is 2. The van der Waals surface area contributed by atoms with Crippen molar-refractivity contribution in [3.63, 3.8) is 0 Å². The first-order valence-electron chi connectivity index (χ1n) is 5.96. The van der Waals surface area contributed by atoms with Crippen LogP contribution in [-0.2, 0) is 6.54 Å². The van der Waals surface area contributed by atoms with Crippen LogP contribution in [-0.4, -0.2) is 10.1 Å². The van der Waals surface area contributed by atoms with Gasteiger partial charge in [0.05, 0.1) is 5.02 Å². The zero-order valence-electron chi connectivity index (χ0n) is 10.8. The normalized spacial score (nSPS) is 10.2. The number of thiocarbonyl (C=S) groups is 1. The van der Waals surface area contributed by atoms with Crippen LogP contribution in [0.15, 0.2) is 36.5 Å². The fourth-order valence-electron chi connectivity index (χ4n) is 1.59. The van der Waals surface area contributed by atoms with Crippen molar-refractivity contribution in [2.75, 3.05) is 5.32 Å². The molecule has 0 aliphatic carbocycles. The molecule has 1 aromatic carbocycles. The fraction of sp³-hybridized carbons (Fsp3) is 0.143. The maximum absolute atomic E-state index is 6.08. The summed E-state index contributed by atoms with van der Waals surface area (Å²) in [6, 6.07) is 9.46. The Kier molecular flexibility index (Phi) is 5.17. The van der Waals surface area contributed by atoms with Crippen molar-refractivity contribution in [3.05, 3.63) is 57.7 Å². The van der Waals surface area contributed by atoms with E-state index in [2.05, 4.69) is 15.6 Å². The van der Waals surface area contributed by atoms with Gasteiger partial charge in [0.2, 0.25) is 0 Å². The van der Waals surface area contributed by atoms with Crippen LogP contribution < -0.4 is 10.6 Å². The van der Waals surface area contributed by atoms with E-state index >= 15 is 0 Å². The average molecular weight is 326 g/mol. The number of nitrogens with zero attached hydrogens (tertiary/aromatic N) is 1. The van der Waals surface area contributed by atoms with Gasteiger partial charge in [-0.3, -0.25) is 0 Å². The highest BCUT2D eigenvalue weighted by atomic mass is 35.5. The molecule has 0 unspecified atom stereocenters. The van der Waals surface area contributed by atoms with Crippen molar-refractivity contribution < 1.29 is 0 Å². The Hall–Kier alpha value is -1.36. The van der Waals surface area contributed by atoms with Gasteiger partial charge >= 0.3 is 0 Å². The van der Waals surface area contributed by atoms with E-state index in [9.17, 15) is 0 Å². The first kappa shape index (κ1) is 15.0. The van der Waals surface area contributed by atoms with E-state index in [1.807, 2.05) is 37.3 Å². The molecule has 0 amide bonds. The number of anilines is 1. The zero-order valence-corrected chi connectivity index (χ0v) is 13.1. The summed E-state index contributed by atoms with van der Waals surface area (Å²) in [5.74, 6) is 0.656. The third-order valence-electron chi connectivity index (χ3n) is 2.69. The van der Waals surface area contributed by atoms with Gasteiger partial charge in [0.25, 0.3) is 0 Å². The van der Waals surface area contributed by atoms with Crippen molar-refractivity contribution in [2.24, 2.45) is 0 Å². The Morgan fingerprint density at radius 3 is 2.70 bits per heavy atom. The van der Waals surface area contributed by atoms with Gasteiger partial charge < -0.3 is 10.6 Å². The predicted molar refractivity (Wildman–Crippen MR) is 88.5 cm³/mol. The fourth-order valence-corrected chi connectivity index (χ4v) is 2.07. The largest absolute Gasteiger partial charge is 0.358 e. The molecular formula is C14H13Cl2N3S. The summed E-state index contributed by atoms with van der Waals surface area (Å²) in [4.78, 5) is 4.16. The number of hydrogen-bond acceptors (Lipinski definition) is 2. The summed E-state index contributed by atoms with van der Waals surface area (Å²) in [7, 11) is 0. The van der Waals surface area contributed by atoms with Crippen LogP contribution in [0.5, 0.6) is 0 Å². The monoisotopic (exact) mass is 325 g/mol. The van der Waals surface area contributed by atoms with Crippen molar-refractivity contribution >= 4 is 46.4 Å². The average Bonchev–Trinajstić information content (AvgIpc) is 2.42. The molecule has 0 saturated carbocycles. The number of halogens is 2. The van der Waals surface area contributed by atoms with Gasteiger partial charge in [-0.15, -0.1) is 0 Å². The molecule has 2 N–H and O–H groups in total. The maximum atomic E-state index is 6.08. The first-order valence-corrected chi connectivity index (χ1v) is 7.13. The van der Waals surface area contributed by atoms with Crippen LogP contribution in [0.4, 0.5) is 5.82 Å². The topological polar surface area (TPSA) is 37.0 Å². The van der Waals surface area contributed by atoms with Crippen molar-refractivity contribution in [2.45, 2.75) is 13.5 Å². The van der Waals surface area contributed by atoms with Gasteiger partial charge in [-0.25, -0.2) is 4.98 Å². The molecule has 0 atom stereocenters. The van der Waals surface area contributed by atoms with E-state index in [4.69, 9.17) is 35.4 Å². The Morgan fingerprint density at radius 2 is 2.00 bits per heavy atom. The number of aromatic nitrogens is 1. The second-order valence-corrected chi connectivity index (χ2v) is 5.44. The van der Waals surface area contributed by atoms with Crippen LogP contribution >= 0.6 is 35.4 Å². The summed E-state index contributed by atoms with van der Waals surface area (Å²) in [5.41, 5.74) is 1.93. The van der Waals surface area contributed by atoms with E-state index in [1.54, 1.807) is 6.20 Å². The minimum atomic E-state index is 0.485. The SMILES string of the molecule is Cc1cc(NC(=S)NCc2ccccc2Cl)ncc1Cl. The van der Waals surface area contributed by atoms with Crippen LogP contribution in [0.1, 0.15) is 11.1 Å². The minimum Gasteiger partial charge on any atom is -0.358 e. The molecule has 20 heavy (non-hydrogen) atoms. The second kappa shape index (κ2) is 6.88. The van der Waals surface area contributed by atoms with Gasteiger partial charge in [-0.05, 0) is 42.4 Å². The smallest absolute Gasteiger partial charge is 0.172 e. The molecule has 2 aromatic rings. The summed E-state index contributed by atoms with van der Waals surface area (Å²) in [6.07, 6.45) is 1.59. The summed E-state index contributed by atoms with van der Waals surface area (Å²) < 4.78 is 0. The molecule has 0 spiro atoms. The zero-order chi connectivity index (χ0) is 14.5. The lowest BCUT2D eigenvalue weighted by atomic mass is 10.2. The third kappa shape index (κ3) is 4.07. The molecule has 0 aliphatic heterocycles. The van der Waals surface area contributed by atoms with Crippen LogP contribution in [0.2, 0.25) is 10.0 Å². The summed E-state index contributed by atoms with van der Waals surface area (Å²) in [6.45, 7) is 2.47. The highest BCUT2D eigenvalue weighted by molar-refractivity contribution is 7.80. The summed E-state index contributed by atoms with van der Waals surface area (Å²) >= 11 is 17.2. The number of pyridine rings is 1. The first-order chi connectivity index (χ1) is 9.56. The van der Waals surface area contributed by atoms with E-state index < -0.39 is 0 Å². The molecule has 0 aliphatic rings. The molecule has 6 heteroatoms. The van der Waals surface area contributed by atoms with Crippen LogP contribution in [0, 0.1) is 6.92 Å². The van der Waals surface area contributed by atoms with Gasteiger partial charge in [-0.2, -0.15) is 0 Å². The molecule has 1 aromatic heterocycles. The van der Waals surface area contributed by atoms with Gasteiger partial charge in [0.1, 0.15) is 5.82 Å². The van der Waals surface area contributed by atoms with E-state index in [1.165, 1.54) is 0 Å². The van der Waals surface area contributed by atoms with Gasteiger partial charge in [-0.1, -0.05) is 41.4 Å². The molecule has 0 bridgehead atoms. The Bertz CT molecular complexity index is 632. The maximum Gasteiger partial charge on any atom is 0.172 e. The molecule has 104 valence electrons. The molecular weight excluding hydrogens is 313 g/mol. The van der Waals surface area contributed by atoms with Gasteiger partial charge in [0, 0.05) is 17.8 Å². The minimum absolute atomic E-state index is 0.485. The second-order valence-electron chi connectivity index (χ2n) is 4.22. The van der Waals surface area contributed by atoms with Crippen molar-refractivity contribution in [1.29, 1.82) is 0 Å². The molecule has 0 radical (unpaired) electrons. The Balaban J connectivity index is 1.93. The van der Waals surface area contributed by atoms with Gasteiger partial charge in [0.15, 0.2) is 5.11 Å². The molecule has 0 fully saturated rings. The standard InChI is InChI=1S/C14H13Cl2N3S/c1-9-6-13(17-8-12(9)16)19-14(20)18-7-10-4-2-3-5-11(10)15/h2-6,8H,7H2,1H3,(H2,17,18,19,20).